The second-order valence-electron chi connectivity index (χ2n) is 4.05. The van der Waals surface area contributed by atoms with Crippen LogP contribution in [0.3, 0.4) is 0 Å². The van der Waals surface area contributed by atoms with Crippen molar-refractivity contribution in [3.05, 3.63) is 62.3 Å². The van der Waals surface area contributed by atoms with Gasteiger partial charge >= 0.3 is 0 Å². The van der Waals surface area contributed by atoms with Crippen LogP contribution in [0.2, 0.25) is 5.02 Å². The molecule has 8 heteroatoms. The molecule has 0 saturated heterocycles. The molecule has 0 fully saturated rings. The topological polar surface area (TPSA) is 12.0 Å². The number of anilines is 1. The van der Waals surface area contributed by atoms with Crippen molar-refractivity contribution in [1.82, 2.24) is 0 Å². The van der Waals surface area contributed by atoms with Gasteiger partial charge in [-0.05, 0) is 33.6 Å². The lowest BCUT2D eigenvalue weighted by molar-refractivity contribution is 0.381. The minimum atomic E-state index is -2.19. The van der Waals surface area contributed by atoms with Crippen molar-refractivity contribution in [2.45, 2.75) is 6.54 Å². The van der Waals surface area contributed by atoms with Crippen LogP contribution in [0.15, 0.2) is 22.7 Å². The van der Waals surface area contributed by atoms with Gasteiger partial charge in [0.25, 0.3) is 0 Å². The summed E-state index contributed by atoms with van der Waals surface area (Å²) < 4.78 is 66.3. The highest BCUT2D eigenvalue weighted by molar-refractivity contribution is 9.10. The smallest absolute Gasteiger partial charge is 0.200 e. The third-order valence-corrected chi connectivity index (χ3v) is 3.88. The van der Waals surface area contributed by atoms with Gasteiger partial charge in [-0.3, -0.25) is 0 Å². The molecule has 0 aliphatic heterocycles. The summed E-state index contributed by atoms with van der Waals surface area (Å²) in [7, 11) is 0. The van der Waals surface area contributed by atoms with E-state index in [1.807, 2.05) is 0 Å². The first-order valence-electron chi connectivity index (χ1n) is 5.52. The van der Waals surface area contributed by atoms with Crippen molar-refractivity contribution in [2.75, 3.05) is 5.32 Å². The summed E-state index contributed by atoms with van der Waals surface area (Å²) in [6.07, 6.45) is 0. The minimum Gasteiger partial charge on any atom is -0.376 e. The summed E-state index contributed by atoms with van der Waals surface area (Å²) in [5.41, 5.74) is -0.535. The second kappa shape index (κ2) is 6.19. The average molecular weight is 387 g/mol. The summed E-state index contributed by atoms with van der Waals surface area (Å²) in [5, 5.41) is 2.62. The number of benzene rings is 2. The van der Waals surface area contributed by atoms with Gasteiger partial charge in [-0.1, -0.05) is 17.7 Å². The highest BCUT2D eigenvalue weighted by atomic mass is 79.9. The van der Waals surface area contributed by atoms with Gasteiger partial charge in [0.2, 0.25) is 5.82 Å². The van der Waals surface area contributed by atoms with E-state index in [9.17, 15) is 22.0 Å². The molecule has 0 spiro atoms. The zero-order valence-electron chi connectivity index (χ0n) is 10.1. The molecule has 1 N–H and O–H groups in total. The van der Waals surface area contributed by atoms with E-state index in [0.29, 0.717) is 15.1 Å². The third-order valence-electron chi connectivity index (χ3n) is 2.66. The molecular formula is C13H6BrClF5N. The molecule has 2 aromatic carbocycles. The number of hydrogen-bond donors (Lipinski definition) is 1. The zero-order chi connectivity index (χ0) is 15.7. The Morgan fingerprint density at radius 1 is 0.905 bits per heavy atom. The molecule has 0 aliphatic rings. The van der Waals surface area contributed by atoms with Gasteiger partial charge in [0.15, 0.2) is 23.3 Å². The van der Waals surface area contributed by atoms with Gasteiger partial charge in [-0.25, -0.2) is 22.0 Å². The fourth-order valence-electron chi connectivity index (χ4n) is 1.60. The van der Waals surface area contributed by atoms with Gasteiger partial charge in [0.1, 0.15) is 5.69 Å². The lowest BCUT2D eigenvalue weighted by atomic mass is 10.2. The zero-order valence-corrected chi connectivity index (χ0v) is 12.4. The molecule has 0 atom stereocenters. The fourth-order valence-corrected chi connectivity index (χ4v) is 2.14. The van der Waals surface area contributed by atoms with E-state index in [1.165, 1.54) is 6.07 Å². The Hall–Kier alpha value is -1.34. The summed E-state index contributed by atoms with van der Waals surface area (Å²) >= 11 is 8.94. The van der Waals surface area contributed by atoms with Crippen molar-refractivity contribution in [1.29, 1.82) is 0 Å². The number of rotatable bonds is 3. The van der Waals surface area contributed by atoms with Gasteiger partial charge in [-0.2, -0.15) is 0 Å². The molecule has 0 saturated carbocycles. The van der Waals surface area contributed by atoms with E-state index in [0.717, 1.165) is 0 Å². The predicted octanol–water partition coefficient (Wildman–Crippen LogP) is 5.41. The molecule has 0 unspecified atom stereocenters. The van der Waals surface area contributed by atoms with Crippen LogP contribution in [-0.4, -0.2) is 0 Å². The molecule has 0 bridgehead atoms. The molecule has 0 radical (unpaired) electrons. The first kappa shape index (κ1) is 16.0. The Morgan fingerprint density at radius 3 is 1.95 bits per heavy atom. The molecule has 0 heterocycles. The Bertz CT molecular complexity index is 678. The quantitative estimate of drug-likeness (QED) is 0.422. The van der Waals surface area contributed by atoms with Gasteiger partial charge in [0.05, 0.1) is 5.02 Å². The Balaban J connectivity index is 2.30. The van der Waals surface area contributed by atoms with Crippen LogP contribution in [0.4, 0.5) is 27.6 Å². The van der Waals surface area contributed by atoms with Crippen molar-refractivity contribution >= 4 is 33.2 Å². The molecule has 21 heavy (non-hydrogen) atoms. The standard InChI is InChI=1S/C13H6BrClF5N/c14-6-3-5(1-2-7(6)15)4-21-13-11(19)9(17)8(16)10(18)12(13)20/h1-3,21H,4H2. The normalized spacial score (nSPS) is 10.8. The van der Waals surface area contributed by atoms with E-state index in [-0.39, 0.29) is 6.54 Å². The summed E-state index contributed by atoms with van der Waals surface area (Å²) in [6, 6.07) is 4.63. The maximum absolute atomic E-state index is 13.4. The Kier molecular flexibility index (Phi) is 4.73. The summed E-state index contributed by atoms with van der Waals surface area (Å²) in [4.78, 5) is 0. The van der Waals surface area contributed by atoms with Gasteiger partial charge in [-0.15, -0.1) is 0 Å². The summed E-state index contributed by atoms with van der Waals surface area (Å²) in [6.45, 7) is -0.145. The van der Waals surface area contributed by atoms with Crippen LogP contribution in [0.1, 0.15) is 5.56 Å². The SMILES string of the molecule is Fc1c(F)c(F)c(NCc2ccc(Cl)c(Br)c2)c(F)c1F. The van der Waals surface area contributed by atoms with Crippen molar-refractivity contribution < 1.29 is 22.0 Å². The van der Waals surface area contributed by atoms with E-state index < -0.39 is 34.8 Å². The van der Waals surface area contributed by atoms with Crippen LogP contribution in [0.5, 0.6) is 0 Å². The lowest BCUT2D eigenvalue weighted by Gasteiger charge is -2.11. The molecule has 112 valence electrons. The molecule has 2 aromatic rings. The van der Waals surface area contributed by atoms with E-state index in [2.05, 4.69) is 21.2 Å². The highest BCUT2D eigenvalue weighted by Gasteiger charge is 2.25. The minimum absolute atomic E-state index is 0.145. The van der Waals surface area contributed by atoms with Gasteiger partial charge < -0.3 is 5.32 Å². The van der Waals surface area contributed by atoms with E-state index in [4.69, 9.17) is 11.6 Å². The Morgan fingerprint density at radius 2 is 1.43 bits per heavy atom. The monoisotopic (exact) mass is 385 g/mol. The second-order valence-corrected chi connectivity index (χ2v) is 5.31. The Labute approximate surface area is 129 Å². The van der Waals surface area contributed by atoms with E-state index >= 15 is 0 Å². The summed E-state index contributed by atoms with van der Waals surface area (Å²) in [5.74, 6) is -9.98. The van der Waals surface area contributed by atoms with Crippen LogP contribution in [0, 0.1) is 29.1 Å². The van der Waals surface area contributed by atoms with Crippen LogP contribution in [-0.2, 0) is 6.54 Å². The maximum atomic E-state index is 13.4. The molecule has 2 rings (SSSR count). The van der Waals surface area contributed by atoms with Gasteiger partial charge in [0, 0.05) is 11.0 Å². The first-order chi connectivity index (χ1) is 9.82. The van der Waals surface area contributed by atoms with Crippen LogP contribution >= 0.6 is 27.5 Å². The highest BCUT2D eigenvalue weighted by Crippen LogP contribution is 2.28. The number of halogens is 7. The predicted molar refractivity (Wildman–Crippen MR) is 72.7 cm³/mol. The molecule has 1 nitrogen and oxygen atoms in total. The van der Waals surface area contributed by atoms with E-state index in [1.54, 1.807) is 12.1 Å². The van der Waals surface area contributed by atoms with Crippen molar-refractivity contribution in [2.24, 2.45) is 0 Å². The largest absolute Gasteiger partial charge is 0.376 e. The molecule has 0 aromatic heterocycles. The van der Waals surface area contributed by atoms with Crippen LogP contribution in [0.25, 0.3) is 0 Å². The maximum Gasteiger partial charge on any atom is 0.200 e. The fraction of sp³-hybridized carbons (Fsp3) is 0.0769. The van der Waals surface area contributed by atoms with Crippen molar-refractivity contribution in [3.63, 3.8) is 0 Å². The molecule has 0 amide bonds. The van der Waals surface area contributed by atoms with Crippen molar-refractivity contribution in [3.8, 4) is 0 Å². The molecular weight excluding hydrogens is 380 g/mol. The number of nitrogens with one attached hydrogen (secondary N) is 1. The average Bonchev–Trinajstić information content (AvgIpc) is 2.46. The lowest BCUT2D eigenvalue weighted by Crippen LogP contribution is -2.09. The van der Waals surface area contributed by atoms with Crippen LogP contribution < -0.4 is 5.32 Å². The third kappa shape index (κ3) is 3.13. The number of hydrogen-bond acceptors (Lipinski definition) is 1. The molecule has 0 aliphatic carbocycles. The first-order valence-corrected chi connectivity index (χ1v) is 6.69.